The van der Waals surface area contributed by atoms with Gasteiger partial charge in [0, 0.05) is 19.3 Å². The van der Waals surface area contributed by atoms with Crippen LogP contribution in [0.4, 0.5) is 0 Å². The molecule has 0 amide bonds. The average molecular weight is 1040 g/mol. The minimum atomic E-state index is -0.785. The predicted octanol–water partition coefficient (Wildman–Crippen LogP) is 21.7. The maximum absolute atomic E-state index is 12.9. The van der Waals surface area contributed by atoms with Crippen LogP contribution in [-0.4, -0.2) is 37.2 Å². The van der Waals surface area contributed by atoms with Gasteiger partial charge >= 0.3 is 17.9 Å². The quantitative estimate of drug-likeness (QED) is 0.0261. The number of esters is 3. The number of carbonyl (C=O) groups is 3. The molecule has 0 fully saturated rings. The molecule has 0 rings (SSSR count). The molecule has 0 spiro atoms. The van der Waals surface area contributed by atoms with Gasteiger partial charge in [0.15, 0.2) is 6.10 Å². The number of unbranched alkanes of at least 4 members (excludes halogenated alkanes) is 30. The van der Waals surface area contributed by atoms with Gasteiger partial charge in [-0.05, 0) is 103 Å². The van der Waals surface area contributed by atoms with E-state index in [1.165, 1.54) is 148 Å². The molecule has 0 aromatic carbocycles. The van der Waals surface area contributed by atoms with Crippen molar-refractivity contribution in [3.63, 3.8) is 0 Å². The Bertz CT molecular complexity index is 1480. The van der Waals surface area contributed by atoms with Crippen LogP contribution in [0.25, 0.3) is 0 Å². The van der Waals surface area contributed by atoms with Gasteiger partial charge < -0.3 is 14.2 Å². The van der Waals surface area contributed by atoms with Gasteiger partial charge in [-0.25, -0.2) is 0 Å². The van der Waals surface area contributed by atoms with Crippen LogP contribution in [0.5, 0.6) is 0 Å². The first-order valence-corrected chi connectivity index (χ1v) is 31.7. The molecule has 0 saturated heterocycles. The second kappa shape index (κ2) is 62.9. The van der Waals surface area contributed by atoms with Crippen LogP contribution >= 0.6 is 0 Å². The van der Waals surface area contributed by atoms with Crippen LogP contribution in [-0.2, 0) is 28.6 Å². The largest absolute Gasteiger partial charge is 0.462 e. The number of hydrogen-bond acceptors (Lipinski definition) is 6. The number of hydrogen-bond donors (Lipinski definition) is 0. The van der Waals surface area contributed by atoms with E-state index < -0.39 is 6.10 Å². The Kier molecular flexibility index (Phi) is 59.8. The van der Waals surface area contributed by atoms with Crippen molar-refractivity contribution in [1.29, 1.82) is 0 Å². The van der Waals surface area contributed by atoms with Crippen molar-refractivity contribution in [2.24, 2.45) is 0 Å². The second-order valence-corrected chi connectivity index (χ2v) is 20.9. The van der Waals surface area contributed by atoms with Crippen LogP contribution < -0.4 is 0 Å². The van der Waals surface area contributed by atoms with Crippen LogP contribution in [0.3, 0.4) is 0 Å². The van der Waals surface area contributed by atoms with Crippen molar-refractivity contribution >= 4 is 17.9 Å². The molecule has 0 radical (unpaired) electrons. The summed E-state index contributed by atoms with van der Waals surface area (Å²) in [5.74, 6) is -0.887. The Morgan fingerprint density at radius 2 is 0.520 bits per heavy atom. The Balaban J connectivity index is 4.33. The van der Waals surface area contributed by atoms with E-state index in [0.717, 1.165) is 116 Å². The smallest absolute Gasteiger partial charge is 0.306 e. The first-order chi connectivity index (χ1) is 37.0. The van der Waals surface area contributed by atoms with E-state index in [4.69, 9.17) is 14.2 Å². The molecule has 0 heterocycles. The van der Waals surface area contributed by atoms with Gasteiger partial charge in [0.25, 0.3) is 0 Å². The lowest BCUT2D eigenvalue weighted by molar-refractivity contribution is -0.167. The summed E-state index contributed by atoms with van der Waals surface area (Å²) >= 11 is 0. The summed E-state index contributed by atoms with van der Waals surface area (Å²) in [5.41, 5.74) is 0. The summed E-state index contributed by atoms with van der Waals surface area (Å²) in [6, 6.07) is 0. The van der Waals surface area contributed by atoms with Crippen LogP contribution in [0, 0.1) is 0 Å². The Labute approximate surface area is 464 Å². The van der Waals surface area contributed by atoms with Crippen molar-refractivity contribution < 1.29 is 28.6 Å². The molecule has 0 aliphatic heterocycles. The zero-order chi connectivity index (χ0) is 54.3. The highest BCUT2D eigenvalue weighted by Gasteiger charge is 2.19. The number of ether oxygens (including phenoxy) is 3. The summed E-state index contributed by atoms with van der Waals surface area (Å²) in [6.45, 7) is 6.51. The lowest BCUT2D eigenvalue weighted by Crippen LogP contribution is -2.30. The summed E-state index contributed by atoms with van der Waals surface area (Å²) in [4.78, 5) is 38.3. The van der Waals surface area contributed by atoms with Crippen molar-refractivity contribution in [2.45, 2.75) is 309 Å². The Morgan fingerprint density at radius 1 is 0.280 bits per heavy atom. The third-order valence-corrected chi connectivity index (χ3v) is 13.6. The van der Waals surface area contributed by atoms with E-state index in [0.29, 0.717) is 19.3 Å². The highest BCUT2D eigenvalue weighted by Crippen LogP contribution is 2.16. The number of allylic oxidation sites excluding steroid dienone is 16. The molecule has 0 saturated carbocycles. The average Bonchev–Trinajstić information content (AvgIpc) is 3.41. The SMILES string of the molecule is CC/C=C\C/C=C\C/C=C\C/C=C\C/C=C\C/C=C\CCCCCCCCCCC(=O)OCC(COC(=O)CCCCCCCCCCCCCCC)OC(=O)CCCCCCCCC/C=C\C/C=C\CCCCC. The lowest BCUT2D eigenvalue weighted by atomic mass is 10.0. The highest BCUT2D eigenvalue weighted by atomic mass is 16.6. The van der Waals surface area contributed by atoms with Gasteiger partial charge in [-0.15, -0.1) is 0 Å². The van der Waals surface area contributed by atoms with Gasteiger partial charge in [-0.1, -0.05) is 279 Å². The summed E-state index contributed by atoms with van der Waals surface area (Å²) in [6.07, 6.45) is 84.0. The minimum absolute atomic E-state index is 0.0807. The molecule has 0 aliphatic rings. The third-order valence-electron chi connectivity index (χ3n) is 13.6. The van der Waals surface area contributed by atoms with E-state index in [2.05, 4.69) is 118 Å². The highest BCUT2D eigenvalue weighted by molar-refractivity contribution is 5.71. The second-order valence-electron chi connectivity index (χ2n) is 20.9. The van der Waals surface area contributed by atoms with Gasteiger partial charge in [-0.2, -0.15) is 0 Å². The molecule has 430 valence electrons. The maximum atomic E-state index is 12.9. The molecule has 0 aromatic heterocycles. The van der Waals surface area contributed by atoms with Crippen LogP contribution in [0.15, 0.2) is 97.2 Å². The Morgan fingerprint density at radius 3 is 0.840 bits per heavy atom. The molecule has 6 heteroatoms. The van der Waals surface area contributed by atoms with E-state index in [-0.39, 0.29) is 31.1 Å². The predicted molar refractivity (Wildman–Crippen MR) is 325 cm³/mol. The minimum Gasteiger partial charge on any atom is -0.462 e. The number of rotatable bonds is 57. The fourth-order valence-electron chi connectivity index (χ4n) is 8.83. The molecular weight excluding hydrogens is 925 g/mol. The van der Waals surface area contributed by atoms with Gasteiger partial charge in [-0.3, -0.25) is 14.4 Å². The monoisotopic (exact) mass is 1040 g/mol. The summed E-state index contributed by atoms with van der Waals surface area (Å²) in [5, 5.41) is 0. The molecule has 0 aliphatic carbocycles. The summed E-state index contributed by atoms with van der Waals surface area (Å²) in [7, 11) is 0. The van der Waals surface area contributed by atoms with E-state index in [1.807, 2.05) is 0 Å². The van der Waals surface area contributed by atoms with E-state index in [1.54, 1.807) is 0 Å². The van der Waals surface area contributed by atoms with Crippen molar-refractivity contribution in [1.82, 2.24) is 0 Å². The third kappa shape index (κ3) is 61.1. The molecule has 1 unspecified atom stereocenters. The zero-order valence-electron chi connectivity index (χ0n) is 49.3. The van der Waals surface area contributed by atoms with Crippen LogP contribution in [0.1, 0.15) is 303 Å². The molecule has 0 bridgehead atoms. The van der Waals surface area contributed by atoms with Gasteiger partial charge in [0.1, 0.15) is 13.2 Å². The van der Waals surface area contributed by atoms with Gasteiger partial charge in [0.05, 0.1) is 0 Å². The van der Waals surface area contributed by atoms with Crippen molar-refractivity contribution in [3.05, 3.63) is 97.2 Å². The molecule has 6 nitrogen and oxygen atoms in total. The van der Waals surface area contributed by atoms with Crippen LogP contribution in [0.2, 0.25) is 0 Å². The fourth-order valence-corrected chi connectivity index (χ4v) is 8.83. The summed E-state index contributed by atoms with van der Waals surface area (Å²) < 4.78 is 16.9. The zero-order valence-corrected chi connectivity index (χ0v) is 49.3. The topological polar surface area (TPSA) is 78.9 Å². The normalized spacial score (nSPS) is 12.7. The number of carbonyl (C=O) groups excluding carboxylic acids is 3. The fraction of sp³-hybridized carbons (Fsp3) is 0.725. The van der Waals surface area contributed by atoms with E-state index >= 15 is 0 Å². The van der Waals surface area contributed by atoms with Gasteiger partial charge in [0.2, 0.25) is 0 Å². The van der Waals surface area contributed by atoms with Crippen molar-refractivity contribution in [2.75, 3.05) is 13.2 Å². The first-order valence-electron chi connectivity index (χ1n) is 31.7. The van der Waals surface area contributed by atoms with Crippen molar-refractivity contribution in [3.8, 4) is 0 Å². The maximum Gasteiger partial charge on any atom is 0.306 e. The molecule has 1 atom stereocenters. The molecular formula is C69H118O6. The Hall–Kier alpha value is -3.67. The molecule has 0 aromatic rings. The first kappa shape index (κ1) is 71.3. The lowest BCUT2D eigenvalue weighted by Gasteiger charge is -2.18. The van der Waals surface area contributed by atoms with E-state index in [9.17, 15) is 14.4 Å². The standard InChI is InChI=1S/C69H118O6/c1-4-7-10-13-16-19-22-25-27-29-30-31-32-33-34-35-36-37-38-40-41-44-47-50-53-56-59-62-68(71)74-65-66(64-73-67(70)61-58-55-52-49-46-43-24-21-18-15-12-9-6-3)75-69(72)63-60-57-54-51-48-45-42-39-28-26-23-20-17-14-11-8-5-2/h7,10,16-17,19-20,25-28,30-31,33-34,36-37,66H,4-6,8-9,11-15,18,21-24,29,32,35,38-65H2,1-3H3/b10-7-,19-16-,20-17-,27-25-,28-26-,31-30-,34-33-,37-36-. The molecule has 75 heavy (non-hydrogen) atoms. The molecule has 0 N–H and O–H groups in total.